The van der Waals surface area contributed by atoms with Crippen LogP contribution in [0.1, 0.15) is 30.0 Å². The molecule has 5 nitrogen and oxygen atoms in total. The monoisotopic (exact) mass is 291 g/mol. The van der Waals surface area contributed by atoms with E-state index in [0.717, 1.165) is 32.5 Å². The number of hydroxylamine groups is 1. The Hall–Kier alpha value is -1.43. The highest BCUT2D eigenvalue weighted by Gasteiger charge is 2.17. The van der Waals surface area contributed by atoms with Crippen molar-refractivity contribution in [3.8, 4) is 0 Å². The molecule has 1 aliphatic heterocycles. The second-order valence-corrected chi connectivity index (χ2v) is 5.91. The Balaban J connectivity index is 1.93. The predicted octanol–water partition coefficient (Wildman–Crippen LogP) is 1.23. The van der Waals surface area contributed by atoms with Crippen LogP contribution in [0.15, 0.2) is 18.2 Å². The number of nitrogens with zero attached hydrogens (tertiary/aromatic N) is 1. The molecular formula is C16H25N3O2. The molecule has 0 saturated heterocycles. The fourth-order valence-electron chi connectivity index (χ4n) is 2.95. The van der Waals surface area contributed by atoms with E-state index in [1.807, 2.05) is 12.4 Å². The number of carbonyl (C=O) groups is 1. The van der Waals surface area contributed by atoms with Crippen molar-refractivity contribution in [1.82, 2.24) is 15.7 Å². The molecule has 0 fully saturated rings. The molecule has 3 N–H and O–H groups in total. The maximum Gasteiger partial charge on any atom is 0.236 e. The van der Waals surface area contributed by atoms with Gasteiger partial charge in [-0.2, -0.15) is 5.48 Å². The van der Waals surface area contributed by atoms with Crippen LogP contribution in [0.4, 0.5) is 0 Å². The molecule has 1 aliphatic rings. The normalized spacial score (nSPS) is 16.9. The van der Waals surface area contributed by atoms with Crippen LogP contribution in [0.25, 0.3) is 0 Å². The third-order valence-corrected chi connectivity index (χ3v) is 3.86. The molecule has 0 saturated carbocycles. The topological polar surface area (TPSA) is 64.6 Å². The summed E-state index contributed by atoms with van der Waals surface area (Å²) in [5.41, 5.74) is 6.03. The van der Waals surface area contributed by atoms with Gasteiger partial charge in [0.15, 0.2) is 0 Å². The van der Waals surface area contributed by atoms with Crippen LogP contribution in [0.3, 0.4) is 0 Å². The zero-order valence-electron chi connectivity index (χ0n) is 12.9. The molecule has 1 atom stereocenters. The first-order valence-electron chi connectivity index (χ1n) is 7.55. The quantitative estimate of drug-likeness (QED) is 0.714. The summed E-state index contributed by atoms with van der Waals surface area (Å²) in [6.07, 6.45) is 2.27. The molecular weight excluding hydrogens is 266 g/mol. The van der Waals surface area contributed by atoms with Crippen molar-refractivity contribution in [2.24, 2.45) is 0 Å². The van der Waals surface area contributed by atoms with Gasteiger partial charge in [-0.25, -0.2) is 0 Å². The Bertz CT molecular complexity index is 490. The van der Waals surface area contributed by atoms with Gasteiger partial charge in [0.05, 0.1) is 6.54 Å². The highest BCUT2D eigenvalue weighted by molar-refractivity contribution is 5.78. The molecule has 0 spiro atoms. The number of amides is 1. The minimum atomic E-state index is -0.184. The molecule has 2 rings (SSSR count). The first-order chi connectivity index (χ1) is 10.1. The fraction of sp³-hybridized carbons (Fsp3) is 0.562. The number of hydrogen-bond donors (Lipinski definition) is 3. The van der Waals surface area contributed by atoms with Gasteiger partial charge < -0.3 is 10.5 Å². The summed E-state index contributed by atoms with van der Waals surface area (Å²) in [6, 6.07) is 6.76. The van der Waals surface area contributed by atoms with Crippen molar-refractivity contribution in [3.05, 3.63) is 34.9 Å². The summed E-state index contributed by atoms with van der Waals surface area (Å²) in [7, 11) is 0. The summed E-state index contributed by atoms with van der Waals surface area (Å²) < 4.78 is 0. The van der Waals surface area contributed by atoms with Gasteiger partial charge in [0, 0.05) is 19.1 Å². The number of hydrogen-bond acceptors (Lipinski definition) is 4. The maximum atomic E-state index is 11.5. The summed E-state index contributed by atoms with van der Waals surface area (Å²) >= 11 is 0. The molecule has 0 aromatic heterocycles. The molecule has 0 bridgehead atoms. The van der Waals surface area contributed by atoms with Gasteiger partial charge in [-0.05, 0) is 44.4 Å². The summed E-state index contributed by atoms with van der Waals surface area (Å²) in [5.74, 6) is -0.184. The zero-order chi connectivity index (χ0) is 15.2. The van der Waals surface area contributed by atoms with Gasteiger partial charge in [0.25, 0.3) is 0 Å². The Morgan fingerprint density at radius 3 is 3.00 bits per heavy atom. The first kappa shape index (κ1) is 15.9. The molecule has 1 heterocycles. The minimum Gasteiger partial charge on any atom is -0.351 e. The van der Waals surface area contributed by atoms with Gasteiger partial charge >= 0.3 is 0 Å². The number of carbonyl (C=O) groups excluding carboxylic acids is 1. The fourth-order valence-corrected chi connectivity index (χ4v) is 2.95. The van der Waals surface area contributed by atoms with Crippen LogP contribution in [-0.4, -0.2) is 41.7 Å². The Labute approximate surface area is 126 Å². The second-order valence-electron chi connectivity index (χ2n) is 5.91. The highest BCUT2D eigenvalue weighted by Crippen LogP contribution is 2.20. The van der Waals surface area contributed by atoms with Crippen molar-refractivity contribution < 1.29 is 10.0 Å². The van der Waals surface area contributed by atoms with Crippen LogP contribution in [0.2, 0.25) is 0 Å². The van der Waals surface area contributed by atoms with Crippen LogP contribution < -0.4 is 10.8 Å². The van der Waals surface area contributed by atoms with Crippen molar-refractivity contribution in [3.63, 3.8) is 0 Å². The number of benzene rings is 1. The van der Waals surface area contributed by atoms with Crippen molar-refractivity contribution in [2.75, 3.05) is 19.6 Å². The summed E-state index contributed by atoms with van der Waals surface area (Å²) in [5, 5.41) is 11.4. The zero-order valence-corrected chi connectivity index (χ0v) is 12.9. The van der Waals surface area contributed by atoms with Crippen molar-refractivity contribution >= 4 is 5.91 Å². The van der Waals surface area contributed by atoms with E-state index in [9.17, 15) is 4.79 Å². The average molecular weight is 291 g/mol. The van der Waals surface area contributed by atoms with E-state index in [0.29, 0.717) is 0 Å². The van der Waals surface area contributed by atoms with Gasteiger partial charge in [-0.15, -0.1) is 0 Å². The number of fused-ring (bicyclic) bond motifs is 1. The maximum absolute atomic E-state index is 11.5. The molecule has 5 heteroatoms. The van der Waals surface area contributed by atoms with E-state index < -0.39 is 0 Å². The molecule has 0 unspecified atom stereocenters. The Morgan fingerprint density at radius 2 is 2.24 bits per heavy atom. The van der Waals surface area contributed by atoms with E-state index >= 15 is 0 Å². The van der Waals surface area contributed by atoms with Gasteiger partial charge in [-0.1, -0.05) is 23.8 Å². The van der Waals surface area contributed by atoms with Crippen molar-refractivity contribution in [1.29, 1.82) is 0 Å². The molecule has 1 aromatic carbocycles. The van der Waals surface area contributed by atoms with Gasteiger partial charge in [0.1, 0.15) is 0 Å². The van der Waals surface area contributed by atoms with E-state index in [2.05, 4.69) is 35.3 Å². The van der Waals surface area contributed by atoms with E-state index in [-0.39, 0.29) is 18.5 Å². The van der Waals surface area contributed by atoms with Gasteiger partial charge in [-0.3, -0.25) is 9.69 Å². The SMILES string of the molecule is Cc1ccc2c(c1)CN(C[C@H](C)NC(=O)CNO)CCC2. The van der Waals surface area contributed by atoms with Crippen LogP contribution in [0.5, 0.6) is 0 Å². The molecule has 1 amide bonds. The number of rotatable bonds is 5. The van der Waals surface area contributed by atoms with E-state index in [1.54, 1.807) is 0 Å². The average Bonchev–Trinajstić information content (AvgIpc) is 2.59. The highest BCUT2D eigenvalue weighted by atomic mass is 16.5. The lowest BCUT2D eigenvalue weighted by Crippen LogP contribution is -2.44. The van der Waals surface area contributed by atoms with Crippen LogP contribution >= 0.6 is 0 Å². The van der Waals surface area contributed by atoms with Gasteiger partial charge in [0.2, 0.25) is 5.91 Å². The van der Waals surface area contributed by atoms with Crippen LogP contribution in [0, 0.1) is 6.92 Å². The lowest BCUT2D eigenvalue weighted by Gasteiger charge is -2.25. The smallest absolute Gasteiger partial charge is 0.236 e. The summed E-state index contributed by atoms with van der Waals surface area (Å²) in [6.45, 7) is 6.87. The lowest BCUT2D eigenvalue weighted by molar-refractivity contribution is -0.122. The van der Waals surface area contributed by atoms with Crippen molar-refractivity contribution in [2.45, 2.75) is 39.3 Å². The number of aryl methyl sites for hydroxylation is 2. The second kappa shape index (κ2) is 7.54. The molecule has 1 aromatic rings. The Kier molecular flexibility index (Phi) is 5.73. The molecule has 21 heavy (non-hydrogen) atoms. The van der Waals surface area contributed by atoms with E-state index in [1.165, 1.54) is 16.7 Å². The third-order valence-electron chi connectivity index (χ3n) is 3.86. The largest absolute Gasteiger partial charge is 0.351 e. The molecule has 116 valence electrons. The predicted molar refractivity (Wildman–Crippen MR) is 82.2 cm³/mol. The minimum absolute atomic E-state index is 0.0631. The first-order valence-corrected chi connectivity index (χ1v) is 7.55. The standard InChI is InChI=1S/C16H25N3O2/c1-12-5-6-14-4-3-7-19(11-15(14)8-12)10-13(2)18-16(20)9-17-21/h5-6,8,13,17,21H,3-4,7,9-11H2,1-2H3,(H,18,20)/t13-/m0/s1. The number of nitrogens with one attached hydrogen (secondary N) is 2. The van der Waals surface area contributed by atoms with Crippen LogP contribution in [-0.2, 0) is 17.8 Å². The van der Waals surface area contributed by atoms with E-state index in [4.69, 9.17) is 5.21 Å². The Morgan fingerprint density at radius 1 is 1.43 bits per heavy atom. The molecule has 0 aliphatic carbocycles. The third kappa shape index (κ3) is 4.81. The molecule has 0 radical (unpaired) electrons. The lowest BCUT2D eigenvalue weighted by atomic mass is 10.0. The summed E-state index contributed by atoms with van der Waals surface area (Å²) in [4.78, 5) is 13.8.